The van der Waals surface area contributed by atoms with Crippen LogP contribution in [0.5, 0.6) is 11.5 Å². The highest BCUT2D eigenvalue weighted by Crippen LogP contribution is 2.24. The first kappa shape index (κ1) is 13.4. The Kier molecular flexibility index (Phi) is 4.06. The van der Waals surface area contributed by atoms with Gasteiger partial charge in [0.2, 0.25) is 0 Å². The molecule has 5 heteroatoms. The van der Waals surface area contributed by atoms with Gasteiger partial charge in [0, 0.05) is 17.7 Å². The van der Waals surface area contributed by atoms with Crippen LogP contribution in [0, 0.1) is 0 Å². The number of hydrogen-bond donors (Lipinski definition) is 3. The Balaban J connectivity index is 2.05. The fourth-order valence-electron chi connectivity index (χ4n) is 1.59. The van der Waals surface area contributed by atoms with Crippen molar-refractivity contribution < 1.29 is 15.0 Å². The Bertz CT molecular complexity index is 613. The van der Waals surface area contributed by atoms with Crippen molar-refractivity contribution in [2.45, 2.75) is 6.54 Å². The van der Waals surface area contributed by atoms with E-state index < -0.39 is 0 Å². The van der Waals surface area contributed by atoms with Gasteiger partial charge in [-0.2, -0.15) is 0 Å². The molecule has 98 valence electrons. The number of carbonyl (C=O) groups is 1. The Labute approximate surface area is 118 Å². The fourth-order valence-corrected chi connectivity index (χ4v) is 1.84. The second-order valence-corrected chi connectivity index (χ2v) is 4.83. The molecule has 2 aromatic carbocycles. The molecule has 0 saturated carbocycles. The third kappa shape index (κ3) is 3.26. The number of hydrogen-bond acceptors (Lipinski definition) is 3. The van der Waals surface area contributed by atoms with Crippen molar-refractivity contribution in [1.82, 2.24) is 5.32 Å². The third-order valence-corrected chi connectivity index (χ3v) is 3.31. The highest BCUT2D eigenvalue weighted by atomic mass is 79.9. The monoisotopic (exact) mass is 321 g/mol. The molecule has 0 aromatic heterocycles. The topological polar surface area (TPSA) is 69.6 Å². The number of phenols is 2. The maximum Gasteiger partial charge on any atom is 0.251 e. The number of halogens is 1. The van der Waals surface area contributed by atoms with E-state index in [0.29, 0.717) is 15.6 Å². The summed E-state index contributed by atoms with van der Waals surface area (Å²) < 4.78 is 0.532. The van der Waals surface area contributed by atoms with Crippen molar-refractivity contribution in [3.8, 4) is 11.5 Å². The van der Waals surface area contributed by atoms with E-state index in [1.165, 1.54) is 6.07 Å². The number of rotatable bonds is 3. The molecular weight excluding hydrogens is 310 g/mol. The molecule has 0 atom stereocenters. The quantitative estimate of drug-likeness (QED) is 0.814. The molecule has 2 aromatic rings. The van der Waals surface area contributed by atoms with Crippen molar-refractivity contribution in [2.75, 3.05) is 0 Å². The standard InChI is InChI=1S/C14H12BrNO3/c15-11-6-5-9(7-13(11)18)14(19)16-8-10-3-1-2-4-12(10)17/h1-7,17-18H,8H2,(H,16,19). The second-order valence-electron chi connectivity index (χ2n) is 3.98. The Morgan fingerprint density at radius 2 is 1.84 bits per heavy atom. The minimum Gasteiger partial charge on any atom is -0.508 e. The SMILES string of the molecule is O=C(NCc1ccccc1O)c1ccc(Br)c(O)c1. The molecule has 0 aliphatic heterocycles. The summed E-state index contributed by atoms with van der Waals surface area (Å²) in [6.07, 6.45) is 0. The van der Waals surface area contributed by atoms with Gasteiger partial charge in [-0.3, -0.25) is 4.79 Å². The lowest BCUT2D eigenvalue weighted by Crippen LogP contribution is -2.22. The van der Waals surface area contributed by atoms with Crippen LogP contribution in [0.3, 0.4) is 0 Å². The van der Waals surface area contributed by atoms with Gasteiger partial charge >= 0.3 is 0 Å². The molecule has 4 nitrogen and oxygen atoms in total. The number of carbonyl (C=O) groups excluding carboxylic acids is 1. The number of phenolic OH excluding ortho intramolecular Hbond substituents is 2. The van der Waals surface area contributed by atoms with Gasteiger partial charge in [0.15, 0.2) is 0 Å². The van der Waals surface area contributed by atoms with Crippen LogP contribution in [0.4, 0.5) is 0 Å². The summed E-state index contributed by atoms with van der Waals surface area (Å²) in [5, 5.41) is 21.8. The van der Waals surface area contributed by atoms with Gasteiger partial charge in [-0.05, 0) is 40.2 Å². The van der Waals surface area contributed by atoms with Crippen molar-refractivity contribution in [1.29, 1.82) is 0 Å². The molecule has 0 unspecified atom stereocenters. The summed E-state index contributed by atoms with van der Waals surface area (Å²) in [6, 6.07) is 11.4. The highest BCUT2D eigenvalue weighted by Gasteiger charge is 2.08. The average molecular weight is 322 g/mol. The third-order valence-electron chi connectivity index (χ3n) is 2.64. The number of aromatic hydroxyl groups is 2. The van der Waals surface area contributed by atoms with Gasteiger partial charge in [-0.1, -0.05) is 18.2 Å². The van der Waals surface area contributed by atoms with Gasteiger partial charge in [0.1, 0.15) is 11.5 Å². The van der Waals surface area contributed by atoms with Crippen LogP contribution in [0.25, 0.3) is 0 Å². The lowest BCUT2D eigenvalue weighted by Gasteiger charge is -2.07. The van der Waals surface area contributed by atoms with E-state index >= 15 is 0 Å². The minimum absolute atomic E-state index is 0.00945. The van der Waals surface area contributed by atoms with E-state index in [4.69, 9.17) is 0 Å². The van der Waals surface area contributed by atoms with Crippen LogP contribution >= 0.6 is 15.9 Å². The molecule has 1 amide bonds. The van der Waals surface area contributed by atoms with E-state index in [1.807, 2.05) is 0 Å². The Morgan fingerprint density at radius 3 is 2.53 bits per heavy atom. The van der Waals surface area contributed by atoms with Gasteiger partial charge in [-0.25, -0.2) is 0 Å². The summed E-state index contributed by atoms with van der Waals surface area (Å²) in [6.45, 7) is 0.225. The van der Waals surface area contributed by atoms with Crippen LogP contribution < -0.4 is 5.32 Å². The molecule has 0 heterocycles. The summed E-state index contributed by atoms with van der Waals surface area (Å²) in [5.74, 6) is -0.164. The van der Waals surface area contributed by atoms with E-state index in [2.05, 4.69) is 21.2 Å². The second kappa shape index (κ2) is 5.75. The van der Waals surface area contributed by atoms with Crippen molar-refractivity contribution in [3.05, 3.63) is 58.1 Å². The van der Waals surface area contributed by atoms with E-state index in [1.54, 1.807) is 36.4 Å². The number of benzene rings is 2. The number of nitrogens with one attached hydrogen (secondary N) is 1. The van der Waals surface area contributed by atoms with Gasteiger partial charge < -0.3 is 15.5 Å². The molecule has 0 radical (unpaired) electrons. The highest BCUT2D eigenvalue weighted by molar-refractivity contribution is 9.10. The Morgan fingerprint density at radius 1 is 1.11 bits per heavy atom. The number of para-hydroxylation sites is 1. The van der Waals surface area contributed by atoms with Gasteiger partial charge in [0.25, 0.3) is 5.91 Å². The zero-order valence-corrected chi connectivity index (χ0v) is 11.5. The van der Waals surface area contributed by atoms with Crippen molar-refractivity contribution in [2.24, 2.45) is 0 Å². The first-order valence-corrected chi connectivity index (χ1v) is 6.41. The maximum atomic E-state index is 11.9. The molecule has 0 aliphatic rings. The molecule has 0 spiro atoms. The smallest absolute Gasteiger partial charge is 0.251 e. The van der Waals surface area contributed by atoms with Crippen LogP contribution in [0.1, 0.15) is 15.9 Å². The molecule has 2 rings (SSSR count). The molecular formula is C14H12BrNO3. The summed E-state index contributed by atoms with van der Waals surface area (Å²) >= 11 is 3.15. The first-order valence-electron chi connectivity index (χ1n) is 5.61. The molecule has 19 heavy (non-hydrogen) atoms. The lowest BCUT2D eigenvalue weighted by atomic mass is 10.1. The van der Waals surface area contributed by atoms with E-state index in [0.717, 1.165) is 0 Å². The van der Waals surface area contributed by atoms with E-state index in [-0.39, 0.29) is 24.0 Å². The summed E-state index contributed by atoms with van der Waals surface area (Å²) in [4.78, 5) is 11.9. The van der Waals surface area contributed by atoms with Crippen LogP contribution in [0.15, 0.2) is 46.9 Å². The fraction of sp³-hybridized carbons (Fsp3) is 0.0714. The zero-order valence-electron chi connectivity index (χ0n) is 9.93. The average Bonchev–Trinajstić information content (AvgIpc) is 2.40. The van der Waals surface area contributed by atoms with Gasteiger partial charge in [0.05, 0.1) is 4.47 Å². The number of amides is 1. The Hall–Kier alpha value is -2.01. The van der Waals surface area contributed by atoms with Crippen LogP contribution in [-0.4, -0.2) is 16.1 Å². The maximum absolute atomic E-state index is 11.9. The van der Waals surface area contributed by atoms with Gasteiger partial charge in [-0.15, -0.1) is 0 Å². The molecule has 0 saturated heterocycles. The zero-order chi connectivity index (χ0) is 13.8. The predicted molar refractivity (Wildman–Crippen MR) is 75.1 cm³/mol. The lowest BCUT2D eigenvalue weighted by molar-refractivity contribution is 0.0950. The first-order chi connectivity index (χ1) is 9.08. The normalized spacial score (nSPS) is 10.2. The molecule has 3 N–H and O–H groups in total. The van der Waals surface area contributed by atoms with Crippen LogP contribution in [-0.2, 0) is 6.54 Å². The van der Waals surface area contributed by atoms with E-state index in [9.17, 15) is 15.0 Å². The minimum atomic E-state index is -0.314. The molecule has 0 fully saturated rings. The predicted octanol–water partition coefficient (Wildman–Crippen LogP) is 2.79. The molecule has 0 aliphatic carbocycles. The summed E-state index contributed by atoms with van der Waals surface area (Å²) in [5.41, 5.74) is 0.994. The van der Waals surface area contributed by atoms with Crippen LogP contribution in [0.2, 0.25) is 0 Å². The van der Waals surface area contributed by atoms with Crippen molar-refractivity contribution >= 4 is 21.8 Å². The molecule has 0 bridgehead atoms. The van der Waals surface area contributed by atoms with Crippen molar-refractivity contribution in [3.63, 3.8) is 0 Å². The largest absolute Gasteiger partial charge is 0.508 e. The summed E-state index contributed by atoms with van der Waals surface area (Å²) in [7, 11) is 0.